The van der Waals surface area contributed by atoms with Crippen LogP contribution >= 0.6 is 0 Å². The second kappa shape index (κ2) is 6.67. The van der Waals surface area contributed by atoms with E-state index in [0.717, 1.165) is 0 Å². The zero-order chi connectivity index (χ0) is 17.2. The number of carbonyl (C=O) groups is 2. The van der Waals surface area contributed by atoms with Crippen LogP contribution in [-0.2, 0) is 14.8 Å². The van der Waals surface area contributed by atoms with Crippen molar-refractivity contribution in [3.63, 3.8) is 0 Å². The van der Waals surface area contributed by atoms with Crippen molar-refractivity contribution in [2.45, 2.75) is 26.3 Å². The normalized spacial score (nSPS) is 18.7. The predicted molar refractivity (Wildman–Crippen MR) is 85.8 cm³/mol. The number of hydrogen-bond donors (Lipinski definition) is 2. The first-order valence-electron chi connectivity index (χ1n) is 7.36. The minimum Gasteiger partial charge on any atom is -0.478 e. The van der Waals surface area contributed by atoms with Gasteiger partial charge in [-0.3, -0.25) is 4.79 Å². The lowest BCUT2D eigenvalue weighted by atomic mass is 10.0. The van der Waals surface area contributed by atoms with Crippen LogP contribution in [0.4, 0.5) is 5.69 Å². The van der Waals surface area contributed by atoms with Crippen LogP contribution in [-0.4, -0.2) is 48.0 Å². The molecule has 0 spiro atoms. The van der Waals surface area contributed by atoms with Crippen molar-refractivity contribution in [1.82, 2.24) is 4.31 Å². The summed E-state index contributed by atoms with van der Waals surface area (Å²) in [7, 11) is -3.41. The van der Waals surface area contributed by atoms with Crippen LogP contribution in [0.15, 0.2) is 24.3 Å². The number of rotatable bonds is 5. The zero-order valence-electron chi connectivity index (χ0n) is 13.0. The van der Waals surface area contributed by atoms with Crippen molar-refractivity contribution in [3.05, 3.63) is 29.8 Å². The van der Waals surface area contributed by atoms with Crippen molar-refractivity contribution in [3.8, 4) is 0 Å². The topological polar surface area (TPSA) is 104 Å². The Morgan fingerprint density at radius 3 is 2.52 bits per heavy atom. The molecule has 0 bridgehead atoms. The van der Waals surface area contributed by atoms with Gasteiger partial charge < -0.3 is 10.4 Å². The summed E-state index contributed by atoms with van der Waals surface area (Å²) in [5.41, 5.74) is 0.384. The van der Waals surface area contributed by atoms with E-state index in [-0.39, 0.29) is 17.2 Å². The lowest BCUT2D eigenvalue weighted by Gasteiger charge is -2.28. The fourth-order valence-electron chi connectivity index (χ4n) is 2.68. The van der Waals surface area contributed by atoms with E-state index in [0.29, 0.717) is 18.7 Å². The molecule has 1 saturated heterocycles. The van der Waals surface area contributed by atoms with Crippen LogP contribution in [0.25, 0.3) is 0 Å². The molecular formula is C15H20N2O5S. The van der Waals surface area contributed by atoms with Crippen LogP contribution in [0, 0.1) is 5.92 Å². The molecule has 23 heavy (non-hydrogen) atoms. The van der Waals surface area contributed by atoms with E-state index in [1.165, 1.54) is 22.5 Å². The standard InChI is InChI=1S/C15H20N2O5S/c1-10(2)13(17-7-4-8-23(17,21)22)14(18)16-12-6-3-5-11(9-12)15(19)20/h3,5-6,9-10,13H,4,7-8H2,1-2H3,(H,16,18)(H,19,20). The molecule has 0 aromatic heterocycles. The van der Waals surface area contributed by atoms with E-state index in [2.05, 4.69) is 5.32 Å². The molecule has 1 unspecified atom stereocenters. The monoisotopic (exact) mass is 340 g/mol. The van der Waals surface area contributed by atoms with Gasteiger partial charge in [0.2, 0.25) is 15.9 Å². The number of amides is 1. The van der Waals surface area contributed by atoms with E-state index in [1.54, 1.807) is 19.9 Å². The first kappa shape index (κ1) is 17.4. The highest BCUT2D eigenvalue weighted by molar-refractivity contribution is 7.89. The summed E-state index contributed by atoms with van der Waals surface area (Å²) in [6.45, 7) is 3.89. The third-order valence-electron chi connectivity index (χ3n) is 3.73. The first-order chi connectivity index (χ1) is 10.7. The van der Waals surface area contributed by atoms with Crippen LogP contribution in [0.3, 0.4) is 0 Å². The molecule has 0 aliphatic carbocycles. The average molecular weight is 340 g/mol. The Morgan fingerprint density at radius 2 is 2.00 bits per heavy atom. The molecule has 0 saturated carbocycles. The number of nitrogens with zero attached hydrogens (tertiary/aromatic N) is 1. The van der Waals surface area contributed by atoms with E-state index >= 15 is 0 Å². The SMILES string of the molecule is CC(C)C(C(=O)Nc1cccc(C(=O)O)c1)N1CCCS1(=O)=O. The quantitative estimate of drug-likeness (QED) is 0.843. The number of carboxylic acid groups (broad SMARTS) is 1. The summed E-state index contributed by atoms with van der Waals surface area (Å²) in [5, 5.41) is 11.6. The van der Waals surface area contributed by atoms with Gasteiger partial charge in [-0.15, -0.1) is 0 Å². The molecule has 126 valence electrons. The maximum atomic E-state index is 12.5. The third kappa shape index (κ3) is 3.89. The number of aromatic carboxylic acids is 1. The molecule has 2 rings (SSSR count). The highest BCUT2D eigenvalue weighted by Crippen LogP contribution is 2.23. The lowest BCUT2D eigenvalue weighted by molar-refractivity contribution is -0.120. The number of hydrogen-bond acceptors (Lipinski definition) is 4. The maximum Gasteiger partial charge on any atom is 0.335 e. The summed E-state index contributed by atoms with van der Waals surface area (Å²) in [5.74, 6) is -1.69. The molecule has 1 fully saturated rings. The Hall–Kier alpha value is -1.93. The molecule has 7 nitrogen and oxygen atoms in total. The van der Waals surface area contributed by atoms with Crippen molar-refractivity contribution in [1.29, 1.82) is 0 Å². The second-order valence-corrected chi connectivity index (χ2v) is 7.89. The summed E-state index contributed by atoms with van der Waals surface area (Å²) in [6.07, 6.45) is 0.507. The van der Waals surface area contributed by atoms with Gasteiger partial charge in [-0.05, 0) is 30.5 Å². The van der Waals surface area contributed by atoms with Crippen LogP contribution in [0.5, 0.6) is 0 Å². The van der Waals surface area contributed by atoms with Gasteiger partial charge in [0.15, 0.2) is 0 Å². The number of carbonyl (C=O) groups excluding carboxylic acids is 1. The van der Waals surface area contributed by atoms with Gasteiger partial charge in [0.25, 0.3) is 0 Å². The number of nitrogens with one attached hydrogen (secondary N) is 1. The van der Waals surface area contributed by atoms with Gasteiger partial charge in [0, 0.05) is 12.2 Å². The summed E-state index contributed by atoms with van der Waals surface area (Å²) < 4.78 is 25.4. The molecule has 2 N–H and O–H groups in total. The van der Waals surface area contributed by atoms with Gasteiger partial charge in [0.1, 0.15) is 6.04 Å². The molecule has 1 heterocycles. The average Bonchev–Trinajstić information content (AvgIpc) is 2.78. The Bertz CT molecular complexity index is 714. The van der Waals surface area contributed by atoms with Gasteiger partial charge in [-0.1, -0.05) is 19.9 Å². The molecule has 1 atom stereocenters. The zero-order valence-corrected chi connectivity index (χ0v) is 13.8. The van der Waals surface area contributed by atoms with E-state index in [4.69, 9.17) is 5.11 Å². The smallest absolute Gasteiger partial charge is 0.335 e. The molecule has 1 aliphatic rings. The van der Waals surface area contributed by atoms with Gasteiger partial charge >= 0.3 is 5.97 Å². The van der Waals surface area contributed by atoms with Gasteiger partial charge in [-0.2, -0.15) is 4.31 Å². The Labute approximate surface area is 135 Å². The van der Waals surface area contributed by atoms with E-state index in [1.807, 2.05) is 0 Å². The van der Waals surface area contributed by atoms with Crippen molar-refractivity contribution in [2.24, 2.45) is 5.92 Å². The summed E-state index contributed by atoms with van der Waals surface area (Å²) >= 11 is 0. The van der Waals surface area contributed by atoms with E-state index < -0.39 is 27.9 Å². The number of benzene rings is 1. The van der Waals surface area contributed by atoms with Crippen LogP contribution in [0.1, 0.15) is 30.6 Å². The molecule has 1 aromatic rings. The van der Waals surface area contributed by atoms with Crippen LogP contribution < -0.4 is 5.32 Å². The number of carboxylic acids is 1. The van der Waals surface area contributed by atoms with Crippen LogP contribution in [0.2, 0.25) is 0 Å². The minimum absolute atomic E-state index is 0.0534. The lowest BCUT2D eigenvalue weighted by Crippen LogP contribution is -2.48. The van der Waals surface area contributed by atoms with Gasteiger partial charge in [0.05, 0.1) is 11.3 Å². The molecular weight excluding hydrogens is 320 g/mol. The second-order valence-electron chi connectivity index (χ2n) is 5.84. The van der Waals surface area contributed by atoms with E-state index in [9.17, 15) is 18.0 Å². The fraction of sp³-hybridized carbons (Fsp3) is 0.467. The molecule has 1 aromatic carbocycles. The molecule has 1 aliphatic heterocycles. The number of anilines is 1. The number of sulfonamides is 1. The minimum atomic E-state index is -3.41. The van der Waals surface area contributed by atoms with Gasteiger partial charge in [-0.25, -0.2) is 13.2 Å². The summed E-state index contributed by atoms with van der Waals surface area (Å²) in [6, 6.07) is 5.05. The first-order valence-corrected chi connectivity index (χ1v) is 8.97. The predicted octanol–water partition coefficient (Wildman–Crippen LogP) is 1.38. The summed E-state index contributed by atoms with van der Waals surface area (Å²) in [4.78, 5) is 23.5. The Balaban J connectivity index is 2.23. The fourth-order valence-corrected chi connectivity index (χ4v) is 4.50. The third-order valence-corrected chi connectivity index (χ3v) is 5.65. The van der Waals surface area contributed by atoms with Crippen molar-refractivity contribution >= 4 is 27.6 Å². The largest absolute Gasteiger partial charge is 0.478 e. The van der Waals surface area contributed by atoms with Crippen molar-refractivity contribution < 1.29 is 23.1 Å². The maximum absolute atomic E-state index is 12.5. The van der Waals surface area contributed by atoms with Crippen molar-refractivity contribution in [2.75, 3.05) is 17.6 Å². The molecule has 0 radical (unpaired) electrons. The molecule has 8 heteroatoms. The Morgan fingerprint density at radius 1 is 1.30 bits per heavy atom. The Kier molecular flexibility index (Phi) is 5.06. The highest BCUT2D eigenvalue weighted by Gasteiger charge is 2.39. The highest BCUT2D eigenvalue weighted by atomic mass is 32.2. The molecule has 1 amide bonds.